The first-order valence-corrected chi connectivity index (χ1v) is 7.38. The van der Waals surface area contributed by atoms with Gasteiger partial charge in [0.2, 0.25) is 0 Å². The number of para-hydroxylation sites is 1. The second-order valence-corrected chi connectivity index (χ2v) is 5.19. The van der Waals surface area contributed by atoms with Crippen LogP contribution in [0, 0.1) is 0 Å². The summed E-state index contributed by atoms with van der Waals surface area (Å²) in [4.78, 5) is 12.9. The van der Waals surface area contributed by atoms with E-state index in [1.165, 1.54) is 0 Å². The van der Waals surface area contributed by atoms with Crippen LogP contribution >= 0.6 is 11.5 Å². The number of rotatable bonds is 6. The summed E-state index contributed by atoms with van der Waals surface area (Å²) in [6.07, 6.45) is 1.72. The number of anilines is 1. The summed E-state index contributed by atoms with van der Waals surface area (Å²) in [7, 11) is 1.88. The van der Waals surface area contributed by atoms with Crippen molar-refractivity contribution in [3.05, 3.63) is 40.4 Å². The molecule has 5 nitrogen and oxygen atoms in total. The standard InChI is InChI=1S/C14H18N4OS/c1-3-6-12-13(20-18-17-12)14(19)16-11-8-5-4-7-10(11)9-15-2/h4-5,7-8,15H,3,6,9H2,1-2H3,(H,16,19). The molecule has 0 saturated carbocycles. The molecule has 0 radical (unpaired) electrons. The van der Waals surface area contributed by atoms with Crippen molar-refractivity contribution in [2.75, 3.05) is 12.4 Å². The van der Waals surface area contributed by atoms with E-state index < -0.39 is 0 Å². The molecule has 1 aromatic carbocycles. The number of carbonyl (C=O) groups is 1. The number of hydrogen-bond acceptors (Lipinski definition) is 5. The zero-order valence-electron chi connectivity index (χ0n) is 11.6. The van der Waals surface area contributed by atoms with E-state index in [4.69, 9.17) is 0 Å². The summed E-state index contributed by atoms with van der Waals surface area (Å²) in [5.41, 5.74) is 2.65. The van der Waals surface area contributed by atoms with E-state index in [2.05, 4.69) is 27.1 Å². The SMILES string of the molecule is CCCc1nnsc1C(=O)Nc1ccccc1CNC. The van der Waals surface area contributed by atoms with Crippen molar-refractivity contribution in [3.63, 3.8) is 0 Å². The van der Waals surface area contributed by atoms with E-state index >= 15 is 0 Å². The minimum absolute atomic E-state index is 0.132. The second-order valence-electron chi connectivity index (χ2n) is 4.44. The van der Waals surface area contributed by atoms with Crippen LogP contribution in [-0.2, 0) is 13.0 Å². The lowest BCUT2D eigenvalue weighted by atomic mass is 10.1. The topological polar surface area (TPSA) is 66.9 Å². The molecule has 2 aromatic rings. The van der Waals surface area contributed by atoms with Crippen molar-refractivity contribution in [2.24, 2.45) is 0 Å². The molecule has 1 amide bonds. The van der Waals surface area contributed by atoms with Gasteiger partial charge in [-0.1, -0.05) is 36.0 Å². The van der Waals surface area contributed by atoms with Crippen LogP contribution < -0.4 is 10.6 Å². The number of benzene rings is 1. The quantitative estimate of drug-likeness (QED) is 0.857. The molecule has 1 aromatic heterocycles. The Morgan fingerprint density at radius 3 is 2.90 bits per heavy atom. The number of aryl methyl sites for hydroxylation is 1. The third-order valence-electron chi connectivity index (χ3n) is 2.88. The highest BCUT2D eigenvalue weighted by atomic mass is 32.1. The van der Waals surface area contributed by atoms with Gasteiger partial charge in [-0.3, -0.25) is 4.79 Å². The largest absolute Gasteiger partial charge is 0.321 e. The average Bonchev–Trinajstić information content (AvgIpc) is 2.90. The van der Waals surface area contributed by atoms with Gasteiger partial charge >= 0.3 is 0 Å². The van der Waals surface area contributed by atoms with Gasteiger partial charge in [0.1, 0.15) is 4.88 Å². The predicted molar refractivity (Wildman–Crippen MR) is 81.1 cm³/mol. The fraction of sp³-hybridized carbons (Fsp3) is 0.357. The van der Waals surface area contributed by atoms with Crippen LogP contribution in [0.1, 0.15) is 34.3 Å². The summed E-state index contributed by atoms with van der Waals surface area (Å²) >= 11 is 1.15. The monoisotopic (exact) mass is 290 g/mol. The Morgan fingerprint density at radius 1 is 1.35 bits per heavy atom. The zero-order valence-corrected chi connectivity index (χ0v) is 12.5. The van der Waals surface area contributed by atoms with Crippen molar-refractivity contribution in [1.29, 1.82) is 0 Å². The first-order valence-electron chi connectivity index (χ1n) is 6.61. The van der Waals surface area contributed by atoms with E-state index in [0.717, 1.165) is 41.3 Å². The van der Waals surface area contributed by atoms with Gasteiger partial charge < -0.3 is 10.6 Å². The fourth-order valence-electron chi connectivity index (χ4n) is 1.95. The van der Waals surface area contributed by atoms with E-state index in [1.54, 1.807) is 0 Å². The minimum atomic E-state index is -0.132. The minimum Gasteiger partial charge on any atom is -0.321 e. The first kappa shape index (κ1) is 14.6. The van der Waals surface area contributed by atoms with Gasteiger partial charge in [0, 0.05) is 12.2 Å². The average molecular weight is 290 g/mol. The van der Waals surface area contributed by atoms with Crippen LogP contribution in [-0.4, -0.2) is 22.5 Å². The normalized spacial score (nSPS) is 10.5. The second kappa shape index (κ2) is 7.12. The number of aromatic nitrogens is 2. The summed E-state index contributed by atoms with van der Waals surface area (Å²) in [6.45, 7) is 2.77. The highest BCUT2D eigenvalue weighted by molar-refractivity contribution is 7.08. The van der Waals surface area contributed by atoms with Crippen LogP contribution in [0.25, 0.3) is 0 Å². The van der Waals surface area contributed by atoms with Gasteiger partial charge in [-0.25, -0.2) is 0 Å². The number of hydrogen-bond donors (Lipinski definition) is 2. The van der Waals surface area contributed by atoms with E-state index in [-0.39, 0.29) is 5.91 Å². The van der Waals surface area contributed by atoms with Gasteiger partial charge in [0.25, 0.3) is 5.91 Å². The third-order valence-corrected chi connectivity index (χ3v) is 3.65. The van der Waals surface area contributed by atoms with Gasteiger partial charge in [0.05, 0.1) is 5.69 Å². The molecule has 20 heavy (non-hydrogen) atoms. The van der Waals surface area contributed by atoms with Gasteiger partial charge in [-0.2, -0.15) is 0 Å². The molecule has 1 heterocycles. The summed E-state index contributed by atoms with van der Waals surface area (Å²) < 4.78 is 3.88. The van der Waals surface area contributed by atoms with Crippen molar-refractivity contribution in [3.8, 4) is 0 Å². The van der Waals surface area contributed by atoms with Crippen molar-refractivity contribution in [1.82, 2.24) is 14.9 Å². The molecule has 2 N–H and O–H groups in total. The van der Waals surface area contributed by atoms with Gasteiger partial charge in [-0.15, -0.1) is 5.10 Å². The van der Waals surface area contributed by atoms with E-state index in [1.807, 2.05) is 31.3 Å². The maximum Gasteiger partial charge on any atom is 0.269 e. The Hall–Kier alpha value is -1.79. The molecule has 0 aliphatic heterocycles. The molecule has 0 spiro atoms. The highest BCUT2D eigenvalue weighted by Crippen LogP contribution is 2.19. The molecule has 0 atom stereocenters. The smallest absolute Gasteiger partial charge is 0.269 e. The van der Waals surface area contributed by atoms with Crippen LogP contribution in [0.3, 0.4) is 0 Å². The van der Waals surface area contributed by atoms with Crippen LogP contribution in [0.2, 0.25) is 0 Å². The van der Waals surface area contributed by atoms with Gasteiger partial charge in [-0.05, 0) is 36.6 Å². The molecule has 0 saturated heterocycles. The molecule has 0 fully saturated rings. The predicted octanol–water partition coefficient (Wildman–Crippen LogP) is 2.46. The molecule has 6 heteroatoms. The summed E-state index contributed by atoms with van der Waals surface area (Å²) in [6, 6.07) is 7.76. The molecule has 0 aliphatic carbocycles. The van der Waals surface area contributed by atoms with Crippen LogP contribution in [0.15, 0.2) is 24.3 Å². The molecular formula is C14H18N4OS. The van der Waals surface area contributed by atoms with Crippen molar-refractivity contribution in [2.45, 2.75) is 26.3 Å². The third kappa shape index (κ3) is 3.40. The molecule has 0 bridgehead atoms. The maximum absolute atomic E-state index is 12.3. The Labute approximate surface area is 122 Å². The maximum atomic E-state index is 12.3. The molecule has 2 rings (SSSR count). The van der Waals surface area contributed by atoms with Gasteiger partial charge in [0.15, 0.2) is 0 Å². The van der Waals surface area contributed by atoms with Crippen LogP contribution in [0.5, 0.6) is 0 Å². The Morgan fingerprint density at radius 2 is 2.15 bits per heavy atom. The molecule has 0 unspecified atom stereocenters. The van der Waals surface area contributed by atoms with Crippen molar-refractivity contribution < 1.29 is 4.79 Å². The number of amides is 1. The lowest BCUT2D eigenvalue weighted by Gasteiger charge is -2.10. The fourth-order valence-corrected chi connectivity index (χ4v) is 2.55. The van der Waals surface area contributed by atoms with E-state index in [0.29, 0.717) is 11.4 Å². The Balaban J connectivity index is 2.17. The highest BCUT2D eigenvalue weighted by Gasteiger charge is 2.16. The molecule has 0 aliphatic rings. The lowest BCUT2D eigenvalue weighted by Crippen LogP contribution is -2.15. The summed E-state index contributed by atoms with van der Waals surface area (Å²) in [5, 5.41) is 10.1. The summed E-state index contributed by atoms with van der Waals surface area (Å²) in [5.74, 6) is -0.132. The first-order chi connectivity index (χ1) is 9.76. The number of carbonyl (C=O) groups excluding carboxylic acids is 1. The van der Waals surface area contributed by atoms with Crippen molar-refractivity contribution >= 4 is 23.1 Å². The lowest BCUT2D eigenvalue weighted by molar-refractivity contribution is 0.102. The molecular weight excluding hydrogens is 272 g/mol. The zero-order chi connectivity index (χ0) is 14.4. The Kier molecular flexibility index (Phi) is 5.20. The van der Waals surface area contributed by atoms with Crippen LogP contribution in [0.4, 0.5) is 5.69 Å². The number of nitrogens with zero attached hydrogens (tertiary/aromatic N) is 2. The van der Waals surface area contributed by atoms with E-state index in [9.17, 15) is 4.79 Å². The Bertz CT molecular complexity index is 582. The number of nitrogens with one attached hydrogen (secondary N) is 2. The molecule has 106 valence electrons.